The van der Waals surface area contributed by atoms with Crippen molar-refractivity contribution in [3.8, 4) is 16.9 Å². The molecule has 0 saturated heterocycles. The van der Waals surface area contributed by atoms with Crippen LogP contribution in [0.5, 0.6) is 5.75 Å². The van der Waals surface area contributed by atoms with Gasteiger partial charge in [0.25, 0.3) is 0 Å². The highest BCUT2D eigenvalue weighted by molar-refractivity contribution is 5.73. The summed E-state index contributed by atoms with van der Waals surface area (Å²) in [5, 5.41) is 3.35. The van der Waals surface area contributed by atoms with Gasteiger partial charge in [0.2, 0.25) is 0 Å². The number of hydrogen-bond acceptors (Lipinski definition) is 2. The second kappa shape index (κ2) is 6.27. The highest BCUT2D eigenvalue weighted by Gasteiger charge is 2.19. The molecule has 0 aliphatic carbocycles. The van der Waals surface area contributed by atoms with Crippen molar-refractivity contribution in [2.45, 2.75) is 26.3 Å². The fourth-order valence-electron chi connectivity index (χ4n) is 2.73. The van der Waals surface area contributed by atoms with Crippen LogP contribution >= 0.6 is 0 Å². The number of ether oxygens (including phenoxy) is 1. The van der Waals surface area contributed by atoms with Crippen molar-refractivity contribution in [2.75, 3.05) is 13.2 Å². The summed E-state index contributed by atoms with van der Waals surface area (Å²) in [5.74, 6) is 0.646. The van der Waals surface area contributed by atoms with Gasteiger partial charge in [-0.3, -0.25) is 0 Å². The van der Waals surface area contributed by atoms with E-state index in [1.54, 1.807) is 6.07 Å². The lowest BCUT2D eigenvalue weighted by Gasteiger charge is -2.11. The van der Waals surface area contributed by atoms with Gasteiger partial charge in [0, 0.05) is 24.1 Å². The van der Waals surface area contributed by atoms with Gasteiger partial charge in [-0.05, 0) is 36.2 Å². The number of benzene rings is 2. The zero-order valence-corrected chi connectivity index (χ0v) is 12.3. The van der Waals surface area contributed by atoms with Crippen LogP contribution < -0.4 is 10.1 Å². The van der Waals surface area contributed by atoms with Crippen molar-refractivity contribution in [1.29, 1.82) is 0 Å². The van der Waals surface area contributed by atoms with E-state index < -0.39 is 0 Å². The maximum atomic E-state index is 14.2. The maximum Gasteiger partial charge on any atom is 0.131 e. The summed E-state index contributed by atoms with van der Waals surface area (Å²) in [6, 6.07) is 11.3. The van der Waals surface area contributed by atoms with Gasteiger partial charge in [-0.1, -0.05) is 31.2 Å². The van der Waals surface area contributed by atoms with Gasteiger partial charge in [-0.25, -0.2) is 4.39 Å². The Hall–Kier alpha value is -1.87. The van der Waals surface area contributed by atoms with Gasteiger partial charge in [0.05, 0.1) is 6.61 Å². The molecule has 1 heterocycles. The number of rotatable bonds is 5. The first kappa shape index (κ1) is 14.1. The molecule has 0 aromatic heterocycles. The molecule has 0 bridgehead atoms. The normalized spacial score (nSPS) is 13.0. The van der Waals surface area contributed by atoms with Crippen LogP contribution in [0.4, 0.5) is 4.39 Å². The third-order valence-corrected chi connectivity index (χ3v) is 3.79. The predicted molar refractivity (Wildman–Crippen MR) is 83.0 cm³/mol. The summed E-state index contributed by atoms with van der Waals surface area (Å²) in [7, 11) is 0. The molecule has 0 unspecified atom stereocenters. The number of fused-ring (bicyclic) bond motifs is 1. The van der Waals surface area contributed by atoms with Crippen LogP contribution in [0.3, 0.4) is 0 Å². The predicted octanol–water partition coefficient (Wildman–Crippen LogP) is 3.93. The molecule has 1 aliphatic heterocycles. The molecule has 3 heteroatoms. The van der Waals surface area contributed by atoms with Crippen molar-refractivity contribution in [1.82, 2.24) is 5.32 Å². The van der Waals surface area contributed by atoms with Crippen LogP contribution in [0.25, 0.3) is 11.1 Å². The molecule has 1 N–H and O–H groups in total. The smallest absolute Gasteiger partial charge is 0.131 e. The minimum Gasteiger partial charge on any atom is -0.492 e. The van der Waals surface area contributed by atoms with E-state index in [1.165, 1.54) is 5.56 Å². The SMILES string of the molecule is CCCNCc1ccc(F)c(-c2cccc3c2OCC3)c1. The fraction of sp³-hybridized carbons (Fsp3) is 0.333. The first-order valence-electron chi connectivity index (χ1n) is 7.54. The van der Waals surface area contributed by atoms with E-state index >= 15 is 0 Å². The molecular weight excluding hydrogens is 265 g/mol. The zero-order valence-electron chi connectivity index (χ0n) is 12.3. The summed E-state index contributed by atoms with van der Waals surface area (Å²) < 4.78 is 19.9. The lowest BCUT2D eigenvalue weighted by Crippen LogP contribution is -2.13. The zero-order chi connectivity index (χ0) is 14.7. The van der Waals surface area contributed by atoms with Gasteiger partial charge in [-0.2, -0.15) is 0 Å². The number of nitrogens with one attached hydrogen (secondary N) is 1. The molecule has 2 aromatic rings. The Morgan fingerprint density at radius 1 is 1.19 bits per heavy atom. The Morgan fingerprint density at radius 2 is 2.10 bits per heavy atom. The maximum absolute atomic E-state index is 14.2. The first-order valence-corrected chi connectivity index (χ1v) is 7.54. The Balaban J connectivity index is 1.94. The van der Waals surface area contributed by atoms with Crippen molar-refractivity contribution in [3.05, 3.63) is 53.3 Å². The molecule has 2 nitrogen and oxygen atoms in total. The molecular formula is C18H20FNO. The van der Waals surface area contributed by atoms with E-state index in [0.717, 1.165) is 42.8 Å². The van der Waals surface area contributed by atoms with E-state index in [9.17, 15) is 4.39 Å². The van der Waals surface area contributed by atoms with Gasteiger partial charge in [-0.15, -0.1) is 0 Å². The van der Waals surface area contributed by atoms with Gasteiger partial charge in [0.15, 0.2) is 0 Å². The van der Waals surface area contributed by atoms with E-state index in [-0.39, 0.29) is 5.82 Å². The molecule has 21 heavy (non-hydrogen) atoms. The lowest BCUT2D eigenvalue weighted by atomic mass is 9.99. The largest absolute Gasteiger partial charge is 0.492 e. The summed E-state index contributed by atoms with van der Waals surface area (Å²) in [6.07, 6.45) is 2.00. The molecule has 0 fully saturated rings. The highest BCUT2D eigenvalue weighted by Crippen LogP contribution is 2.38. The first-order chi connectivity index (χ1) is 10.3. The van der Waals surface area contributed by atoms with Crippen LogP contribution in [0, 0.1) is 5.82 Å². The number of para-hydroxylation sites is 1. The third-order valence-electron chi connectivity index (χ3n) is 3.79. The number of halogens is 1. The summed E-state index contributed by atoms with van der Waals surface area (Å²) >= 11 is 0. The lowest BCUT2D eigenvalue weighted by molar-refractivity contribution is 0.358. The van der Waals surface area contributed by atoms with Gasteiger partial charge < -0.3 is 10.1 Å². The van der Waals surface area contributed by atoms with Crippen molar-refractivity contribution >= 4 is 0 Å². The summed E-state index contributed by atoms with van der Waals surface area (Å²) in [4.78, 5) is 0. The highest BCUT2D eigenvalue weighted by atomic mass is 19.1. The monoisotopic (exact) mass is 285 g/mol. The summed E-state index contributed by atoms with van der Waals surface area (Å²) in [6.45, 7) is 4.55. The van der Waals surface area contributed by atoms with E-state index in [2.05, 4.69) is 18.3 Å². The van der Waals surface area contributed by atoms with Crippen molar-refractivity contribution in [3.63, 3.8) is 0 Å². The van der Waals surface area contributed by atoms with Gasteiger partial charge >= 0.3 is 0 Å². The third kappa shape index (κ3) is 2.93. The van der Waals surface area contributed by atoms with E-state index in [0.29, 0.717) is 12.2 Å². The van der Waals surface area contributed by atoms with Crippen LogP contribution in [-0.4, -0.2) is 13.2 Å². The average molecular weight is 285 g/mol. The van der Waals surface area contributed by atoms with Crippen molar-refractivity contribution < 1.29 is 9.13 Å². The van der Waals surface area contributed by atoms with Gasteiger partial charge in [0.1, 0.15) is 11.6 Å². The Labute approximate surface area is 125 Å². The minimum absolute atomic E-state index is 0.196. The van der Waals surface area contributed by atoms with Crippen LogP contribution in [-0.2, 0) is 13.0 Å². The molecule has 1 aliphatic rings. The minimum atomic E-state index is -0.196. The molecule has 0 atom stereocenters. The quantitative estimate of drug-likeness (QED) is 0.841. The molecule has 0 amide bonds. The molecule has 0 radical (unpaired) electrons. The van der Waals surface area contributed by atoms with Crippen molar-refractivity contribution in [2.24, 2.45) is 0 Å². The fourth-order valence-corrected chi connectivity index (χ4v) is 2.73. The average Bonchev–Trinajstić information content (AvgIpc) is 2.98. The standard InChI is InChI=1S/C18H20FNO/c1-2-9-20-12-13-6-7-17(19)16(11-13)15-5-3-4-14-8-10-21-18(14)15/h3-7,11,20H,2,8-10,12H2,1H3. The Morgan fingerprint density at radius 3 is 2.95 bits per heavy atom. The summed E-state index contributed by atoms with van der Waals surface area (Å²) in [5.41, 5.74) is 3.75. The van der Waals surface area contributed by atoms with Crippen LogP contribution in [0.15, 0.2) is 36.4 Å². The Bertz CT molecular complexity index is 639. The molecule has 0 spiro atoms. The second-order valence-electron chi connectivity index (χ2n) is 5.38. The topological polar surface area (TPSA) is 21.3 Å². The molecule has 3 rings (SSSR count). The molecule has 2 aromatic carbocycles. The molecule has 0 saturated carbocycles. The Kier molecular flexibility index (Phi) is 4.20. The van der Waals surface area contributed by atoms with Crippen LogP contribution in [0.1, 0.15) is 24.5 Å². The van der Waals surface area contributed by atoms with Crippen LogP contribution in [0.2, 0.25) is 0 Å². The second-order valence-corrected chi connectivity index (χ2v) is 5.38. The number of hydrogen-bond donors (Lipinski definition) is 1. The van der Waals surface area contributed by atoms with E-state index in [4.69, 9.17) is 4.74 Å². The molecule has 110 valence electrons. The van der Waals surface area contributed by atoms with E-state index in [1.807, 2.05) is 24.3 Å².